The molecule has 2 N–H and O–H groups in total. The van der Waals surface area contributed by atoms with Crippen molar-refractivity contribution >= 4 is 5.91 Å². The maximum absolute atomic E-state index is 11.4. The lowest BCUT2D eigenvalue weighted by Gasteiger charge is -2.10. The van der Waals surface area contributed by atoms with E-state index in [1.165, 1.54) is 16.7 Å². The van der Waals surface area contributed by atoms with Crippen LogP contribution < -0.4 is 10.9 Å². The summed E-state index contributed by atoms with van der Waals surface area (Å²) in [6.07, 6.45) is 0.424. The van der Waals surface area contributed by atoms with Gasteiger partial charge in [-0.1, -0.05) is 12.1 Å². The minimum atomic E-state index is -0.0103. The number of rotatable bonds is 3. The van der Waals surface area contributed by atoms with Crippen LogP contribution in [0.2, 0.25) is 0 Å². The topological polar surface area (TPSA) is 41.1 Å². The first-order valence-corrected chi connectivity index (χ1v) is 5.07. The van der Waals surface area contributed by atoms with E-state index in [2.05, 4.69) is 37.7 Å². The van der Waals surface area contributed by atoms with E-state index in [4.69, 9.17) is 0 Å². The molecular formula is C12H18N2O. The number of hydrazine groups is 1. The second-order valence-electron chi connectivity index (χ2n) is 3.77. The van der Waals surface area contributed by atoms with E-state index in [-0.39, 0.29) is 5.91 Å². The van der Waals surface area contributed by atoms with Gasteiger partial charge in [-0.3, -0.25) is 10.2 Å². The average molecular weight is 206 g/mol. The van der Waals surface area contributed by atoms with E-state index in [9.17, 15) is 4.79 Å². The number of nitrogens with one attached hydrogen (secondary N) is 2. The Morgan fingerprint density at radius 2 is 1.87 bits per heavy atom. The van der Waals surface area contributed by atoms with Crippen molar-refractivity contribution < 1.29 is 4.79 Å². The predicted octanol–water partition coefficient (Wildman–Crippen LogP) is 1.40. The average Bonchev–Trinajstić information content (AvgIpc) is 2.20. The first kappa shape index (κ1) is 11.7. The highest BCUT2D eigenvalue weighted by Crippen LogP contribution is 2.17. The summed E-state index contributed by atoms with van der Waals surface area (Å²) < 4.78 is 0. The molecule has 0 unspecified atom stereocenters. The van der Waals surface area contributed by atoms with Crippen LogP contribution in [-0.2, 0) is 11.2 Å². The van der Waals surface area contributed by atoms with Crippen molar-refractivity contribution in [1.29, 1.82) is 0 Å². The Balaban J connectivity index is 2.87. The van der Waals surface area contributed by atoms with Crippen LogP contribution in [0.3, 0.4) is 0 Å². The number of hydrogen-bond acceptors (Lipinski definition) is 2. The fraction of sp³-hybridized carbons (Fsp3) is 0.417. The molecule has 0 fully saturated rings. The summed E-state index contributed by atoms with van der Waals surface area (Å²) in [6.45, 7) is 6.23. The molecule has 0 aliphatic rings. The van der Waals surface area contributed by atoms with Crippen molar-refractivity contribution in [3.63, 3.8) is 0 Å². The van der Waals surface area contributed by atoms with Crippen molar-refractivity contribution in [3.05, 3.63) is 34.4 Å². The second kappa shape index (κ2) is 4.94. The van der Waals surface area contributed by atoms with E-state index in [1.54, 1.807) is 7.05 Å². The third-order valence-corrected chi connectivity index (χ3v) is 2.79. The molecule has 1 aromatic rings. The fourth-order valence-electron chi connectivity index (χ4n) is 1.56. The summed E-state index contributed by atoms with van der Waals surface area (Å²) in [6, 6.07) is 4.08. The Morgan fingerprint density at radius 1 is 1.20 bits per heavy atom. The van der Waals surface area contributed by atoms with Crippen molar-refractivity contribution in [2.24, 2.45) is 0 Å². The third-order valence-electron chi connectivity index (χ3n) is 2.79. The summed E-state index contributed by atoms with van der Waals surface area (Å²) >= 11 is 0. The predicted molar refractivity (Wildman–Crippen MR) is 61.6 cm³/mol. The van der Waals surface area contributed by atoms with Gasteiger partial charge in [-0.05, 0) is 43.0 Å². The van der Waals surface area contributed by atoms with Crippen LogP contribution in [0.1, 0.15) is 22.3 Å². The van der Waals surface area contributed by atoms with Gasteiger partial charge in [0.1, 0.15) is 0 Å². The van der Waals surface area contributed by atoms with Gasteiger partial charge in [0.2, 0.25) is 5.91 Å². The maximum Gasteiger partial charge on any atom is 0.238 e. The first-order valence-electron chi connectivity index (χ1n) is 5.07. The highest BCUT2D eigenvalue weighted by molar-refractivity contribution is 5.78. The standard InChI is InChI=1S/C12H18N2O/c1-8-5-6-11(10(3)9(8)2)7-12(15)14-13-4/h5-6,13H,7H2,1-4H3,(H,14,15). The molecular weight excluding hydrogens is 188 g/mol. The number of hydrogen-bond donors (Lipinski definition) is 2. The molecule has 15 heavy (non-hydrogen) atoms. The first-order chi connectivity index (χ1) is 7.06. The van der Waals surface area contributed by atoms with Gasteiger partial charge in [-0.25, -0.2) is 5.43 Å². The molecule has 1 rings (SSSR count). The van der Waals surface area contributed by atoms with E-state index < -0.39 is 0 Å². The Bertz CT molecular complexity index is 372. The lowest BCUT2D eigenvalue weighted by Crippen LogP contribution is -2.35. The zero-order valence-electron chi connectivity index (χ0n) is 9.77. The molecule has 0 saturated carbocycles. The van der Waals surface area contributed by atoms with Gasteiger partial charge < -0.3 is 0 Å². The Morgan fingerprint density at radius 3 is 2.47 bits per heavy atom. The molecule has 0 saturated heterocycles. The number of aryl methyl sites for hydroxylation is 1. The number of carbonyl (C=O) groups excluding carboxylic acids is 1. The van der Waals surface area contributed by atoms with Gasteiger partial charge in [0, 0.05) is 7.05 Å². The molecule has 1 aromatic carbocycles. The summed E-state index contributed by atoms with van der Waals surface area (Å²) in [5.74, 6) is -0.0103. The van der Waals surface area contributed by atoms with E-state index in [1.807, 2.05) is 6.07 Å². The smallest absolute Gasteiger partial charge is 0.238 e. The maximum atomic E-state index is 11.4. The molecule has 0 atom stereocenters. The number of benzene rings is 1. The summed E-state index contributed by atoms with van der Waals surface area (Å²) in [5.41, 5.74) is 10.0. The van der Waals surface area contributed by atoms with Crippen LogP contribution in [0, 0.1) is 20.8 Å². The summed E-state index contributed by atoms with van der Waals surface area (Å²) in [4.78, 5) is 11.4. The Kier molecular flexibility index (Phi) is 3.86. The van der Waals surface area contributed by atoms with Crippen LogP contribution in [0.15, 0.2) is 12.1 Å². The molecule has 82 valence electrons. The minimum absolute atomic E-state index is 0.0103. The van der Waals surface area contributed by atoms with Crippen LogP contribution >= 0.6 is 0 Å². The van der Waals surface area contributed by atoms with Gasteiger partial charge in [-0.2, -0.15) is 0 Å². The van der Waals surface area contributed by atoms with Crippen molar-refractivity contribution in [2.75, 3.05) is 7.05 Å². The highest BCUT2D eigenvalue weighted by Gasteiger charge is 2.07. The van der Waals surface area contributed by atoms with Gasteiger partial charge in [-0.15, -0.1) is 0 Å². The lowest BCUT2D eigenvalue weighted by molar-refractivity contribution is -0.121. The number of carbonyl (C=O) groups is 1. The van der Waals surface area contributed by atoms with Crippen molar-refractivity contribution in [1.82, 2.24) is 10.9 Å². The van der Waals surface area contributed by atoms with Crippen molar-refractivity contribution in [3.8, 4) is 0 Å². The summed E-state index contributed by atoms with van der Waals surface area (Å²) in [5, 5.41) is 0. The van der Waals surface area contributed by atoms with E-state index in [0.29, 0.717) is 6.42 Å². The van der Waals surface area contributed by atoms with Crippen molar-refractivity contribution in [2.45, 2.75) is 27.2 Å². The van der Waals surface area contributed by atoms with Gasteiger partial charge >= 0.3 is 0 Å². The largest absolute Gasteiger partial charge is 0.292 e. The molecule has 0 bridgehead atoms. The second-order valence-corrected chi connectivity index (χ2v) is 3.77. The molecule has 0 aromatic heterocycles. The molecule has 3 nitrogen and oxygen atoms in total. The fourth-order valence-corrected chi connectivity index (χ4v) is 1.56. The molecule has 0 spiro atoms. The van der Waals surface area contributed by atoms with Gasteiger partial charge in [0.05, 0.1) is 6.42 Å². The third kappa shape index (κ3) is 2.80. The normalized spacial score (nSPS) is 10.1. The van der Waals surface area contributed by atoms with Gasteiger partial charge in [0.15, 0.2) is 0 Å². The zero-order chi connectivity index (χ0) is 11.4. The Labute approximate surface area is 90.9 Å². The molecule has 0 heterocycles. The molecule has 0 aliphatic carbocycles. The molecule has 0 aliphatic heterocycles. The highest BCUT2D eigenvalue weighted by atomic mass is 16.2. The number of amides is 1. The molecule has 0 radical (unpaired) electrons. The Hall–Kier alpha value is -1.35. The van der Waals surface area contributed by atoms with Crippen LogP contribution in [0.25, 0.3) is 0 Å². The van der Waals surface area contributed by atoms with E-state index in [0.717, 1.165) is 5.56 Å². The van der Waals surface area contributed by atoms with E-state index >= 15 is 0 Å². The minimum Gasteiger partial charge on any atom is -0.292 e. The van der Waals surface area contributed by atoms with Crippen LogP contribution in [0.4, 0.5) is 0 Å². The molecule has 1 amide bonds. The van der Waals surface area contributed by atoms with Gasteiger partial charge in [0.25, 0.3) is 0 Å². The van der Waals surface area contributed by atoms with Crippen LogP contribution in [-0.4, -0.2) is 13.0 Å². The quantitative estimate of drug-likeness (QED) is 0.734. The van der Waals surface area contributed by atoms with Crippen LogP contribution in [0.5, 0.6) is 0 Å². The monoisotopic (exact) mass is 206 g/mol. The zero-order valence-corrected chi connectivity index (χ0v) is 9.77. The summed E-state index contributed by atoms with van der Waals surface area (Å²) in [7, 11) is 1.69. The molecule has 3 heteroatoms. The SMILES string of the molecule is CNNC(=O)Cc1ccc(C)c(C)c1C. The lowest BCUT2D eigenvalue weighted by atomic mass is 9.97.